The Morgan fingerprint density at radius 2 is 1.91 bits per heavy atom. The summed E-state index contributed by atoms with van der Waals surface area (Å²) in [5.41, 5.74) is -0.222. The van der Waals surface area contributed by atoms with Gasteiger partial charge in [0, 0.05) is 11.1 Å². The van der Waals surface area contributed by atoms with Gasteiger partial charge in [-0.15, -0.1) is 0 Å². The van der Waals surface area contributed by atoms with Crippen LogP contribution in [0.25, 0.3) is 0 Å². The van der Waals surface area contributed by atoms with Gasteiger partial charge in [0.05, 0.1) is 15.4 Å². The summed E-state index contributed by atoms with van der Waals surface area (Å²) >= 11 is 0. The van der Waals surface area contributed by atoms with Crippen LogP contribution in [0.3, 0.4) is 0 Å². The monoisotopic (exact) mass is 365 g/mol. The molecule has 128 valence electrons. The van der Waals surface area contributed by atoms with E-state index in [0.717, 1.165) is 6.07 Å². The Hall–Kier alpha value is -1.19. The average Bonchev–Trinajstić information content (AvgIpc) is 2.56. The zero-order valence-electron chi connectivity index (χ0n) is 13.0. The van der Waals surface area contributed by atoms with Crippen LogP contribution in [0, 0.1) is 0 Å². The maximum Gasteiger partial charge on any atom is 0.379 e. The molecule has 1 aliphatic heterocycles. The highest BCUT2D eigenvalue weighted by Gasteiger charge is 2.61. The van der Waals surface area contributed by atoms with Gasteiger partial charge >= 0.3 is 5.25 Å². The number of hydrogen-bond donors (Lipinski definition) is 1. The van der Waals surface area contributed by atoms with E-state index >= 15 is 0 Å². The number of benzene rings is 1. The first-order valence-electron chi connectivity index (χ1n) is 6.73. The minimum Gasteiger partial charge on any atom is -0.381 e. The van der Waals surface area contributed by atoms with Gasteiger partial charge in [-0.3, -0.25) is 0 Å². The van der Waals surface area contributed by atoms with E-state index in [1.165, 1.54) is 19.1 Å². The Balaban J connectivity index is 2.66. The smallest absolute Gasteiger partial charge is 0.379 e. The molecule has 0 bridgehead atoms. The topological polar surface area (TPSA) is 83.8 Å². The standard InChI is InChI=1S/C14H17F2NO4S2/c1-8(17-22(19)13(2,3)4)9-6-5-7-10-11(9)12(18)14(15,16)23(10,20)21/h5-7,12,18H,1-4H3/b17-8+/t12-,22+/m1/s1. The molecule has 1 heterocycles. The molecule has 1 aromatic carbocycles. The first-order valence-corrected chi connectivity index (χ1v) is 9.32. The highest BCUT2D eigenvalue weighted by Crippen LogP contribution is 2.50. The molecule has 1 aromatic rings. The van der Waals surface area contributed by atoms with Crippen molar-refractivity contribution in [3.05, 3.63) is 29.3 Å². The van der Waals surface area contributed by atoms with Gasteiger partial charge in [-0.25, -0.2) is 12.6 Å². The van der Waals surface area contributed by atoms with E-state index in [1.807, 2.05) is 0 Å². The van der Waals surface area contributed by atoms with Crippen molar-refractivity contribution in [2.45, 2.75) is 48.7 Å². The summed E-state index contributed by atoms with van der Waals surface area (Å²) < 4.78 is 66.8. The van der Waals surface area contributed by atoms with Gasteiger partial charge in [-0.05, 0) is 33.8 Å². The third kappa shape index (κ3) is 2.74. The van der Waals surface area contributed by atoms with Gasteiger partial charge in [0.1, 0.15) is 11.0 Å². The van der Waals surface area contributed by atoms with E-state index in [2.05, 4.69) is 4.40 Å². The number of fused-ring (bicyclic) bond motifs is 1. The van der Waals surface area contributed by atoms with E-state index in [4.69, 9.17) is 0 Å². The molecule has 0 aliphatic carbocycles. The SMILES string of the molecule is C/C(=N\[S@@](=O)C(C)(C)C)c1cccc2c1[C@@H](O)C(F)(F)S2(=O)=O. The van der Waals surface area contributed by atoms with Crippen molar-refractivity contribution in [3.63, 3.8) is 0 Å². The van der Waals surface area contributed by atoms with Gasteiger partial charge in [-0.2, -0.15) is 13.2 Å². The first kappa shape index (κ1) is 18.2. The predicted octanol–water partition coefficient (Wildman–Crippen LogP) is 2.37. The molecule has 0 amide bonds. The highest BCUT2D eigenvalue weighted by molar-refractivity contribution is 7.92. The quantitative estimate of drug-likeness (QED) is 0.816. The molecule has 0 aromatic heterocycles. The van der Waals surface area contributed by atoms with E-state index in [9.17, 15) is 26.5 Å². The number of aliphatic hydroxyl groups is 1. The van der Waals surface area contributed by atoms with Gasteiger partial charge in [0.15, 0.2) is 6.10 Å². The lowest BCUT2D eigenvalue weighted by atomic mass is 9.99. The lowest BCUT2D eigenvalue weighted by molar-refractivity contribution is -0.0376. The molecule has 0 unspecified atom stereocenters. The molecule has 23 heavy (non-hydrogen) atoms. The van der Waals surface area contributed by atoms with Crippen molar-refractivity contribution in [2.75, 3.05) is 0 Å². The molecular weight excluding hydrogens is 348 g/mol. The van der Waals surface area contributed by atoms with Gasteiger partial charge in [0.25, 0.3) is 0 Å². The number of halogens is 2. The summed E-state index contributed by atoms with van der Waals surface area (Å²) in [6.07, 6.45) is -2.48. The zero-order valence-corrected chi connectivity index (χ0v) is 14.6. The van der Waals surface area contributed by atoms with Crippen molar-refractivity contribution in [1.82, 2.24) is 0 Å². The van der Waals surface area contributed by atoms with E-state index in [0.29, 0.717) is 0 Å². The maximum atomic E-state index is 13.9. The van der Waals surface area contributed by atoms with Crippen LogP contribution in [0.2, 0.25) is 0 Å². The predicted molar refractivity (Wildman–Crippen MR) is 83.6 cm³/mol. The molecule has 0 fully saturated rings. The van der Waals surface area contributed by atoms with Gasteiger partial charge < -0.3 is 5.11 Å². The van der Waals surface area contributed by atoms with Gasteiger partial charge in [-0.1, -0.05) is 12.1 Å². The Morgan fingerprint density at radius 1 is 1.35 bits per heavy atom. The summed E-state index contributed by atoms with van der Waals surface area (Å²) in [4.78, 5) is -0.622. The fraction of sp³-hybridized carbons (Fsp3) is 0.500. The Kier molecular flexibility index (Phi) is 4.28. The summed E-state index contributed by atoms with van der Waals surface area (Å²) in [6.45, 7) is 6.53. The van der Waals surface area contributed by atoms with Crippen molar-refractivity contribution in [1.29, 1.82) is 0 Å². The number of nitrogens with zero attached hydrogens (tertiary/aromatic N) is 1. The summed E-state index contributed by atoms with van der Waals surface area (Å²) in [5, 5.41) is 5.51. The number of hydrogen-bond acceptors (Lipinski definition) is 4. The van der Waals surface area contributed by atoms with Gasteiger partial charge in [0.2, 0.25) is 9.84 Å². The first-order chi connectivity index (χ1) is 10.3. The minimum atomic E-state index is -4.96. The number of aliphatic hydroxyl groups excluding tert-OH is 1. The van der Waals surface area contributed by atoms with Crippen LogP contribution in [0.15, 0.2) is 27.5 Å². The second-order valence-electron chi connectivity index (χ2n) is 6.22. The van der Waals surface area contributed by atoms with Crippen LogP contribution in [0.1, 0.15) is 44.9 Å². The molecule has 5 nitrogen and oxygen atoms in total. The van der Waals surface area contributed by atoms with Crippen LogP contribution in [-0.2, 0) is 20.8 Å². The number of sulfone groups is 1. The largest absolute Gasteiger partial charge is 0.381 e. The lowest BCUT2D eigenvalue weighted by Gasteiger charge is -2.16. The third-order valence-electron chi connectivity index (χ3n) is 3.44. The molecule has 0 radical (unpaired) electrons. The maximum absolute atomic E-state index is 13.9. The van der Waals surface area contributed by atoms with Crippen LogP contribution < -0.4 is 0 Å². The second-order valence-corrected chi connectivity index (χ2v) is 10.1. The molecule has 0 saturated carbocycles. The lowest BCUT2D eigenvalue weighted by Crippen LogP contribution is -2.29. The molecule has 2 atom stereocenters. The van der Waals surface area contributed by atoms with Crippen LogP contribution in [-0.4, -0.2) is 33.4 Å². The Morgan fingerprint density at radius 3 is 2.43 bits per heavy atom. The average molecular weight is 365 g/mol. The normalized spacial score (nSPS) is 24.3. The molecule has 1 N–H and O–H groups in total. The summed E-state index contributed by atoms with van der Waals surface area (Å²) in [6, 6.07) is 3.68. The van der Waals surface area contributed by atoms with E-state index < -0.39 is 47.4 Å². The molecule has 0 spiro atoms. The minimum absolute atomic E-state index is 0.0494. The van der Waals surface area contributed by atoms with Crippen LogP contribution >= 0.6 is 0 Å². The fourth-order valence-electron chi connectivity index (χ4n) is 2.15. The Bertz CT molecular complexity index is 811. The fourth-order valence-corrected chi connectivity index (χ4v) is 4.24. The third-order valence-corrected chi connectivity index (χ3v) is 6.80. The van der Waals surface area contributed by atoms with Crippen LogP contribution in [0.4, 0.5) is 8.78 Å². The molecule has 1 aliphatic rings. The van der Waals surface area contributed by atoms with Crippen molar-refractivity contribution in [2.24, 2.45) is 4.40 Å². The summed E-state index contributed by atoms with van der Waals surface area (Å²) in [7, 11) is -6.60. The summed E-state index contributed by atoms with van der Waals surface area (Å²) in [5.74, 6) is 0. The van der Waals surface area contributed by atoms with E-state index in [-0.39, 0.29) is 11.3 Å². The molecular formula is C14H17F2NO4S2. The molecule has 2 rings (SSSR count). The zero-order chi connectivity index (χ0) is 17.8. The Labute approximate surface area is 136 Å². The second kappa shape index (κ2) is 5.42. The molecule has 9 heteroatoms. The van der Waals surface area contributed by atoms with Crippen molar-refractivity contribution >= 4 is 26.5 Å². The van der Waals surface area contributed by atoms with Crippen molar-refractivity contribution in [3.8, 4) is 0 Å². The van der Waals surface area contributed by atoms with Crippen LogP contribution in [0.5, 0.6) is 0 Å². The number of alkyl halides is 2. The highest BCUT2D eigenvalue weighted by atomic mass is 32.2. The van der Waals surface area contributed by atoms with Crippen molar-refractivity contribution < 1.29 is 26.5 Å². The number of rotatable bonds is 2. The molecule has 0 saturated heterocycles. The van der Waals surface area contributed by atoms with E-state index in [1.54, 1.807) is 20.8 Å².